The fourth-order valence-electron chi connectivity index (χ4n) is 6.18. The van der Waals surface area contributed by atoms with Gasteiger partial charge in [-0.25, -0.2) is 0 Å². The molecule has 0 amide bonds. The Morgan fingerprint density at radius 3 is 1.42 bits per heavy atom. The van der Waals surface area contributed by atoms with Crippen molar-refractivity contribution in [1.29, 1.82) is 0 Å². The third-order valence-electron chi connectivity index (χ3n) is 7.51. The maximum atomic E-state index is 2.42. The minimum Gasteiger partial charge on any atom is -0.141 e. The molecular formula is C33H22S3. The highest BCUT2D eigenvalue weighted by Gasteiger charge is 2.32. The molecular weight excluding hydrogens is 493 g/mol. The van der Waals surface area contributed by atoms with Gasteiger partial charge in [0.1, 0.15) is 0 Å². The lowest BCUT2D eigenvalue weighted by molar-refractivity contribution is 1.64. The number of aryl methyl sites for hydroxylation is 3. The molecule has 1 aliphatic rings. The van der Waals surface area contributed by atoms with Crippen molar-refractivity contribution in [3.05, 3.63) is 93.5 Å². The molecule has 0 bridgehead atoms. The standard InChI is InChI=1S/C33H22S3/c1-17-12-14-25(34-17)28-21-9-5-4-8-20(21)27-24-16-19(3)36-33(24)30-23-11-7-6-10-22(23)29(32(28)31(27)30)26-15-13-18(2)35-26/h4-16H,1-3H3. The number of rotatable bonds is 2. The van der Waals surface area contributed by atoms with Crippen LogP contribution in [0.15, 0.2) is 78.9 Å². The van der Waals surface area contributed by atoms with Crippen LogP contribution in [0.3, 0.4) is 0 Å². The second-order valence-electron chi connectivity index (χ2n) is 9.76. The molecule has 3 aromatic heterocycles. The number of fused-ring (bicyclic) bond motifs is 7. The van der Waals surface area contributed by atoms with Crippen LogP contribution in [0.25, 0.3) is 74.8 Å². The minimum absolute atomic E-state index is 1.35. The van der Waals surface area contributed by atoms with E-state index in [0.717, 1.165) is 0 Å². The second kappa shape index (κ2) is 7.39. The Morgan fingerprint density at radius 1 is 0.444 bits per heavy atom. The monoisotopic (exact) mass is 514 g/mol. The molecule has 0 saturated carbocycles. The highest BCUT2D eigenvalue weighted by atomic mass is 32.1. The first-order valence-corrected chi connectivity index (χ1v) is 14.7. The van der Waals surface area contributed by atoms with Crippen LogP contribution in [-0.2, 0) is 0 Å². The van der Waals surface area contributed by atoms with Crippen LogP contribution in [-0.4, -0.2) is 0 Å². The third-order valence-corrected chi connectivity index (χ3v) is 10.6. The predicted molar refractivity (Wildman–Crippen MR) is 162 cm³/mol. The first-order valence-electron chi connectivity index (χ1n) is 12.3. The van der Waals surface area contributed by atoms with E-state index in [2.05, 4.69) is 99.6 Å². The van der Waals surface area contributed by atoms with Crippen molar-refractivity contribution in [2.24, 2.45) is 0 Å². The average molecular weight is 515 g/mol. The third kappa shape index (κ3) is 2.68. The van der Waals surface area contributed by atoms with Crippen molar-refractivity contribution >= 4 is 66.3 Å². The number of benzene rings is 4. The van der Waals surface area contributed by atoms with E-state index in [1.54, 1.807) is 0 Å². The molecule has 0 saturated heterocycles. The summed E-state index contributed by atoms with van der Waals surface area (Å²) in [5.74, 6) is 0. The fraction of sp³-hybridized carbons (Fsp3) is 0.0909. The summed E-state index contributed by atoms with van der Waals surface area (Å²) < 4.78 is 0. The summed E-state index contributed by atoms with van der Waals surface area (Å²) in [4.78, 5) is 8.23. The molecule has 4 aromatic carbocycles. The SMILES string of the molecule is Cc1ccc(-c2c3ccccc3c3c4c(c5ccccc5c(-c5ccc(C)s5)c24)-c2sc(C)cc2-3)s1. The van der Waals surface area contributed by atoms with Gasteiger partial charge in [0.05, 0.1) is 0 Å². The largest absolute Gasteiger partial charge is 0.141 e. The van der Waals surface area contributed by atoms with Gasteiger partial charge in [0, 0.05) is 62.3 Å². The molecule has 0 unspecified atom stereocenters. The van der Waals surface area contributed by atoms with Crippen molar-refractivity contribution in [3.8, 4) is 42.4 Å². The molecule has 1 aliphatic carbocycles. The van der Waals surface area contributed by atoms with Gasteiger partial charge in [-0.05, 0) is 78.2 Å². The summed E-state index contributed by atoms with van der Waals surface area (Å²) in [5, 5.41) is 8.31. The molecule has 0 spiro atoms. The lowest BCUT2D eigenvalue weighted by Gasteiger charge is -2.19. The molecule has 0 aliphatic heterocycles. The quantitative estimate of drug-likeness (QED) is 0.201. The first kappa shape index (κ1) is 20.9. The Morgan fingerprint density at radius 2 is 0.917 bits per heavy atom. The molecule has 7 aromatic rings. The van der Waals surface area contributed by atoms with Crippen LogP contribution in [0.2, 0.25) is 0 Å². The van der Waals surface area contributed by atoms with Gasteiger partial charge < -0.3 is 0 Å². The predicted octanol–water partition coefficient (Wildman–Crippen LogP) is 11.2. The fourth-order valence-corrected chi connectivity index (χ4v) is 9.13. The Labute approximate surface area is 222 Å². The van der Waals surface area contributed by atoms with E-state index in [-0.39, 0.29) is 0 Å². The Bertz CT molecular complexity index is 1890. The summed E-state index contributed by atoms with van der Waals surface area (Å²) in [6.45, 7) is 6.68. The van der Waals surface area contributed by atoms with Gasteiger partial charge in [-0.1, -0.05) is 48.5 Å². The van der Waals surface area contributed by atoms with E-state index in [1.807, 2.05) is 34.0 Å². The Kier molecular flexibility index (Phi) is 4.29. The zero-order valence-electron chi connectivity index (χ0n) is 20.2. The molecule has 0 nitrogen and oxygen atoms in total. The number of thiophene rings is 3. The maximum Gasteiger partial charge on any atom is 0.0437 e. The number of hydrogen-bond donors (Lipinski definition) is 0. The van der Waals surface area contributed by atoms with Crippen LogP contribution in [0.5, 0.6) is 0 Å². The zero-order chi connectivity index (χ0) is 24.1. The van der Waals surface area contributed by atoms with Gasteiger partial charge in [-0.2, -0.15) is 0 Å². The van der Waals surface area contributed by atoms with Crippen LogP contribution in [0.1, 0.15) is 14.6 Å². The van der Waals surface area contributed by atoms with Gasteiger partial charge >= 0.3 is 0 Å². The van der Waals surface area contributed by atoms with E-state index in [1.165, 1.54) is 89.4 Å². The van der Waals surface area contributed by atoms with Crippen molar-refractivity contribution < 1.29 is 0 Å². The summed E-state index contributed by atoms with van der Waals surface area (Å²) >= 11 is 5.77. The van der Waals surface area contributed by atoms with E-state index < -0.39 is 0 Å². The van der Waals surface area contributed by atoms with Crippen LogP contribution < -0.4 is 0 Å². The van der Waals surface area contributed by atoms with Gasteiger partial charge in [0.2, 0.25) is 0 Å². The van der Waals surface area contributed by atoms with Gasteiger partial charge in [-0.3, -0.25) is 0 Å². The molecule has 0 atom stereocenters. The normalized spacial score (nSPS) is 12.3. The Hall–Kier alpha value is -3.24. The lowest BCUT2D eigenvalue weighted by atomic mass is 9.85. The van der Waals surface area contributed by atoms with Crippen molar-refractivity contribution in [2.45, 2.75) is 20.8 Å². The highest BCUT2D eigenvalue weighted by molar-refractivity contribution is 7.17. The molecule has 0 N–H and O–H groups in total. The molecule has 0 fully saturated rings. The molecule has 0 radical (unpaired) electrons. The van der Waals surface area contributed by atoms with Crippen molar-refractivity contribution in [1.82, 2.24) is 0 Å². The number of hydrogen-bond acceptors (Lipinski definition) is 3. The van der Waals surface area contributed by atoms with Gasteiger partial charge in [-0.15, -0.1) is 34.0 Å². The topological polar surface area (TPSA) is 0 Å². The first-order chi connectivity index (χ1) is 17.6. The maximum absolute atomic E-state index is 2.42. The summed E-state index contributed by atoms with van der Waals surface area (Å²) in [7, 11) is 0. The average Bonchev–Trinajstić information content (AvgIpc) is 3.65. The highest BCUT2D eigenvalue weighted by Crippen LogP contribution is 2.61. The van der Waals surface area contributed by atoms with Crippen molar-refractivity contribution in [3.63, 3.8) is 0 Å². The smallest absolute Gasteiger partial charge is 0.0437 e. The summed E-state index contributed by atoms with van der Waals surface area (Å²) in [5.41, 5.74) is 7.05. The summed E-state index contributed by atoms with van der Waals surface area (Å²) in [6.07, 6.45) is 0. The minimum atomic E-state index is 1.35. The lowest BCUT2D eigenvalue weighted by Crippen LogP contribution is -1.92. The molecule has 8 rings (SSSR count). The van der Waals surface area contributed by atoms with Crippen LogP contribution in [0, 0.1) is 20.8 Å². The van der Waals surface area contributed by atoms with Crippen LogP contribution >= 0.6 is 34.0 Å². The molecule has 36 heavy (non-hydrogen) atoms. The molecule has 172 valence electrons. The second-order valence-corrected chi connectivity index (χ2v) is 13.6. The Balaban J connectivity index is 1.75. The van der Waals surface area contributed by atoms with E-state index in [4.69, 9.17) is 0 Å². The van der Waals surface area contributed by atoms with E-state index in [0.29, 0.717) is 0 Å². The molecule has 3 heterocycles. The van der Waals surface area contributed by atoms with Gasteiger partial charge in [0.15, 0.2) is 0 Å². The summed E-state index contributed by atoms with van der Waals surface area (Å²) in [6, 6.07) is 29.8. The zero-order valence-corrected chi connectivity index (χ0v) is 22.7. The molecule has 3 heteroatoms. The van der Waals surface area contributed by atoms with E-state index in [9.17, 15) is 0 Å². The van der Waals surface area contributed by atoms with E-state index >= 15 is 0 Å². The van der Waals surface area contributed by atoms with Crippen molar-refractivity contribution in [2.75, 3.05) is 0 Å². The van der Waals surface area contributed by atoms with Crippen LogP contribution in [0.4, 0.5) is 0 Å². The van der Waals surface area contributed by atoms with Gasteiger partial charge in [0.25, 0.3) is 0 Å².